The molecular formula is C20H28N4. The minimum atomic E-state index is 0.558. The van der Waals surface area contributed by atoms with Crippen molar-refractivity contribution in [2.24, 2.45) is 5.10 Å². The Morgan fingerprint density at radius 3 is 2.71 bits per heavy atom. The van der Waals surface area contributed by atoms with E-state index in [9.17, 15) is 0 Å². The lowest BCUT2D eigenvalue weighted by atomic mass is 9.96. The second kappa shape index (κ2) is 8.57. The van der Waals surface area contributed by atoms with Gasteiger partial charge >= 0.3 is 0 Å². The molecule has 0 bridgehead atoms. The van der Waals surface area contributed by atoms with Crippen LogP contribution < -0.4 is 5.43 Å². The molecule has 0 aliphatic heterocycles. The van der Waals surface area contributed by atoms with Crippen LogP contribution in [0.15, 0.2) is 35.4 Å². The van der Waals surface area contributed by atoms with Gasteiger partial charge in [-0.15, -0.1) is 0 Å². The van der Waals surface area contributed by atoms with Gasteiger partial charge in [-0.25, -0.2) is 15.4 Å². The second-order valence-corrected chi connectivity index (χ2v) is 6.32. The standard InChI is InChI=1S/C20H28N4/c1-6-9-19-12-15(4)21-20(22-19)24-23-16(5)18-11-8-10-17(13-18)14(3)7-2/h8,10-14H,6-7,9H2,1-5H3,(H,21,22,24). The third kappa shape index (κ3) is 4.88. The fraction of sp³-hybridized carbons (Fsp3) is 0.450. The number of benzene rings is 1. The molecule has 4 heteroatoms. The Labute approximate surface area is 145 Å². The molecule has 0 aliphatic carbocycles. The molecule has 0 amide bonds. The van der Waals surface area contributed by atoms with Gasteiger partial charge in [0, 0.05) is 11.4 Å². The van der Waals surface area contributed by atoms with Crippen molar-refractivity contribution in [2.75, 3.05) is 5.43 Å². The van der Waals surface area contributed by atoms with Crippen molar-refractivity contribution in [3.8, 4) is 0 Å². The summed E-state index contributed by atoms with van der Waals surface area (Å²) < 4.78 is 0. The molecule has 0 saturated carbocycles. The van der Waals surface area contributed by atoms with Crippen LogP contribution in [0.4, 0.5) is 5.95 Å². The van der Waals surface area contributed by atoms with Crippen LogP contribution >= 0.6 is 0 Å². The number of aromatic nitrogens is 2. The van der Waals surface area contributed by atoms with Crippen LogP contribution in [0.5, 0.6) is 0 Å². The van der Waals surface area contributed by atoms with Crippen LogP contribution in [0.3, 0.4) is 0 Å². The Morgan fingerprint density at radius 2 is 2.00 bits per heavy atom. The topological polar surface area (TPSA) is 50.2 Å². The van der Waals surface area contributed by atoms with E-state index in [1.165, 1.54) is 5.56 Å². The van der Waals surface area contributed by atoms with Crippen molar-refractivity contribution in [2.45, 2.75) is 59.8 Å². The predicted octanol–water partition coefficient (Wildman–Crippen LogP) is 5.09. The highest BCUT2D eigenvalue weighted by Crippen LogP contribution is 2.20. The van der Waals surface area contributed by atoms with E-state index < -0.39 is 0 Å². The Hall–Kier alpha value is -2.23. The zero-order valence-electron chi connectivity index (χ0n) is 15.4. The highest BCUT2D eigenvalue weighted by atomic mass is 15.4. The molecule has 0 fully saturated rings. The molecule has 0 aliphatic rings. The van der Waals surface area contributed by atoms with E-state index in [4.69, 9.17) is 0 Å². The van der Waals surface area contributed by atoms with Crippen molar-refractivity contribution >= 4 is 11.7 Å². The van der Waals surface area contributed by atoms with Crippen molar-refractivity contribution in [3.63, 3.8) is 0 Å². The fourth-order valence-electron chi connectivity index (χ4n) is 2.57. The van der Waals surface area contributed by atoms with Crippen LogP contribution in [0.1, 0.15) is 69.0 Å². The molecule has 1 aromatic heterocycles. The van der Waals surface area contributed by atoms with E-state index in [0.717, 1.165) is 41.9 Å². The van der Waals surface area contributed by atoms with Gasteiger partial charge in [-0.05, 0) is 55.9 Å². The van der Waals surface area contributed by atoms with Gasteiger partial charge in [-0.1, -0.05) is 45.4 Å². The normalized spacial score (nSPS) is 13.0. The lowest BCUT2D eigenvalue weighted by molar-refractivity contribution is 0.733. The number of rotatable bonds is 7. The lowest BCUT2D eigenvalue weighted by Crippen LogP contribution is -2.05. The first-order valence-corrected chi connectivity index (χ1v) is 8.78. The first-order chi connectivity index (χ1) is 11.5. The highest BCUT2D eigenvalue weighted by Gasteiger charge is 2.06. The number of hydrogen-bond acceptors (Lipinski definition) is 4. The van der Waals surface area contributed by atoms with Gasteiger partial charge in [0.2, 0.25) is 5.95 Å². The summed E-state index contributed by atoms with van der Waals surface area (Å²) in [6, 6.07) is 10.6. The van der Waals surface area contributed by atoms with Crippen molar-refractivity contribution in [1.82, 2.24) is 9.97 Å². The molecule has 24 heavy (non-hydrogen) atoms. The minimum Gasteiger partial charge on any atom is -0.245 e. The molecule has 1 atom stereocenters. The summed E-state index contributed by atoms with van der Waals surface area (Å²) >= 11 is 0. The molecule has 2 rings (SSSR count). The number of nitrogens with one attached hydrogen (secondary N) is 1. The number of aryl methyl sites for hydroxylation is 2. The first-order valence-electron chi connectivity index (χ1n) is 8.78. The molecule has 2 aromatic rings. The van der Waals surface area contributed by atoms with E-state index in [1.54, 1.807) is 0 Å². The average Bonchev–Trinajstić information content (AvgIpc) is 2.59. The summed E-state index contributed by atoms with van der Waals surface area (Å²) in [7, 11) is 0. The molecular weight excluding hydrogens is 296 g/mol. The Kier molecular flexibility index (Phi) is 6.47. The average molecular weight is 324 g/mol. The van der Waals surface area contributed by atoms with Gasteiger partial charge in [0.15, 0.2) is 0 Å². The smallest absolute Gasteiger partial charge is 0.243 e. The van der Waals surface area contributed by atoms with Gasteiger partial charge in [0.05, 0.1) is 5.71 Å². The highest BCUT2D eigenvalue weighted by molar-refractivity contribution is 5.99. The van der Waals surface area contributed by atoms with E-state index >= 15 is 0 Å². The Morgan fingerprint density at radius 1 is 1.21 bits per heavy atom. The molecule has 128 valence electrons. The maximum Gasteiger partial charge on any atom is 0.243 e. The molecule has 1 N–H and O–H groups in total. The molecule has 1 aromatic carbocycles. The van der Waals surface area contributed by atoms with Crippen LogP contribution in [-0.4, -0.2) is 15.7 Å². The summed E-state index contributed by atoms with van der Waals surface area (Å²) in [5, 5.41) is 4.47. The Bertz CT molecular complexity index is 707. The molecule has 0 spiro atoms. The van der Waals surface area contributed by atoms with Crippen LogP contribution in [0.2, 0.25) is 0 Å². The van der Waals surface area contributed by atoms with Crippen molar-refractivity contribution < 1.29 is 0 Å². The summed E-state index contributed by atoms with van der Waals surface area (Å²) in [4.78, 5) is 8.93. The largest absolute Gasteiger partial charge is 0.245 e. The van der Waals surface area contributed by atoms with Crippen LogP contribution in [0, 0.1) is 6.92 Å². The zero-order chi connectivity index (χ0) is 17.5. The third-order valence-electron chi connectivity index (χ3n) is 4.22. The SMILES string of the molecule is CCCc1cc(C)nc(NN=C(C)c2cccc(C(C)CC)c2)n1. The summed E-state index contributed by atoms with van der Waals surface area (Å²) in [6.45, 7) is 10.6. The molecule has 4 nitrogen and oxygen atoms in total. The number of nitrogens with zero attached hydrogens (tertiary/aromatic N) is 3. The minimum absolute atomic E-state index is 0.558. The van der Waals surface area contributed by atoms with Crippen molar-refractivity contribution in [3.05, 3.63) is 52.8 Å². The van der Waals surface area contributed by atoms with Crippen LogP contribution in [-0.2, 0) is 6.42 Å². The molecule has 0 radical (unpaired) electrons. The lowest BCUT2D eigenvalue weighted by Gasteiger charge is -2.11. The van der Waals surface area contributed by atoms with E-state index in [1.807, 2.05) is 19.9 Å². The monoisotopic (exact) mass is 324 g/mol. The van der Waals surface area contributed by atoms with Gasteiger partial charge in [0.25, 0.3) is 0 Å². The zero-order valence-corrected chi connectivity index (χ0v) is 15.4. The predicted molar refractivity (Wildman–Crippen MR) is 102 cm³/mol. The first kappa shape index (κ1) is 18.1. The maximum absolute atomic E-state index is 4.52. The van der Waals surface area contributed by atoms with Crippen LogP contribution in [0.25, 0.3) is 0 Å². The van der Waals surface area contributed by atoms with Gasteiger partial charge in [-0.2, -0.15) is 5.10 Å². The number of hydrogen-bond donors (Lipinski definition) is 1. The molecule has 1 heterocycles. The quantitative estimate of drug-likeness (QED) is 0.570. The van der Waals surface area contributed by atoms with E-state index in [-0.39, 0.29) is 0 Å². The molecule has 1 unspecified atom stereocenters. The summed E-state index contributed by atoms with van der Waals surface area (Å²) in [6.07, 6.45) is 3.16. The Balaban J connectivity index is 2.17. The van der Waals surface area contributed by atoms with E-state index in [0.29, 0.717) is 11.9 Å². The third-order valence-corrected chi connectivity index (χ3v) is 4.22. The van der Waals surface area contributed by atoms with Gasteiger partial charge < -0.3 is 0 Å². The van der Waals surface area contributed by atoms with Gasteiger partial charge in [-0.3, -0.25) is 0 Å². The van der Waals surface area contributed by atoms with Gasteiger partial charge in [0.1, 0.15) is 0 Å². The summed E-state index contributed by atoms with van der Waals surface area (Å²) in [5.74, 6) is 1.12. The summed E-state index contributed by atoms with van der Waals surface area (Å²) in [5.41, 5.74) is 8.43. The number of anilines is 1. The van der Waals surface area contributed by atoms with Crippen molar-refractivity contribution in [1.29, 1.82) is 0 Å². The number of hydrazone groups is 1. The maximum atomic E-state index is 4.52. The second-order valence-electron chi connectivity index (χ2n) is 6.32. The van der Waals surface area contributed by atoms with E-state index in [2.05, 4.69) is 65.5 Å². The molecule has 0 saturated heterocycles. The fourth-order valence-corrected chi connectivity index (χ4v) is 2.57.